The van der Waals surface area contributed by atoms with Crippen molar-refractivity contribution < 1.29 is 9.90 Å². The third-order valence-corrected chi connectivity index (χ3v) is 2.16. The Bertz CT molecular complexity index is 194. The van der Waals surface area contributed by atoms with Crippen molar-refractivity contribution in [2.75, 3.05) is 19.6 Å². The van der Waals surface area contributed by atoms with Gasteiger partial charge in [0.1, 0.15) is 0 Å². The molecule has 90 valence electrons. The molecule has 0 unspecified atom stereocenters. The van der Waals surface area contributed by atoms with Crippen molar-refractivity contribution in [3.63, 3.8) is 0 Å². The van der Waals surface area contributed by atoms with Gasteiger partial charge in [0.05, 0.1) is 6.54 Å². The molecule has 0 aliphatic carbocycles. The average molecular weight is 215 g/mol. The minimum absolute atomic E-state index is 0.161. The van der Waals surface area contributed by atoms with E-state index in [0.717, 1.165) is 19.5 Å². The smallest absolute Gasteiger partial charge is 0.317 e. The number of hydrogen-bond acceptors (Lipinski definition) is 2. The molecular formula is C12H25NO2. The van der Waals surface area contributed by atoms with Gasteiger partial charge in [0.2, 0.25) is 0 Å². The van der Waals surface area contributed by atoms with Gasteiger partial charge in [0.25, 0.3) is 0 Å². The largest absolute Gasteiger partial charge is 0.480 e. The number of hydrogen-bond donors (Lipinski definition) is 1. The van der Waals surface area contributed by atoms with Crippen LogP contribution in [-0.2, 0) is 4.79 Å². The summed E-state index contributed by atoms with van der Waals surface area (Å²) in [5.41, 5.74) is 0.272. The molecule has 0 bridgehead atoms. The Morgan fingerprint density at radius 3 is 2.20 bits per heavy atom. The van der Waals surface area contributed by atoms with Gasteiger partial charge in [-0.25, -0.2) is 0 Å². The van der Waals surface area contributed by atoms with Crippen molar-refractivity contribution in [2.24, 2.45) is 11.3 Å². The SMILES string of the molecule is CC(C)CN(CCC(C)(C)C)CC(=O)O. The Morgan fingerprint density at radius 2 is 1.87 bits per heavy atom. The molecule has 0 spiro atoms. The molecule has 0 aromatic carbocycles. The summed E-state index contributed by atoms with van der Waals surface area (Å²) in [4.78, 5) is 12.7. The summed E-state index contributed by atoms with van der Waals surface area (Å²) in [6.07, 6.45) is 1.03. The Kier molecular flexibility index (Phi) is 5.88. The lowest BCUT2D eigenvalue weighted by Crippen LogP contribution is -2.35. The molecule has 0 rings (SSSR count). The van der Waals surface area contributed by atoms with Crippen LogP contribution in [0, 0.1) is 11.3 Å². The molecule has 1 N–H and O–H groups in total. The summed E-state index contributed by atoms with van der Waals surface area (Å²) in [6, 6.07) is 0. The Balaban J connectivity index is 4.07. The zero-order chi connectivity index (χ0) is 12.1. The molecule has 0 radical (unpaired) electrons. The Hall–Kier alpha value is -0.570. The standard InChI is InChI=1S/C12H25NO2/c1-10(2)8-13(9-11(14)15)7-6-12(3,4)5/h10H,6-9H2,1-5H3,(H,14,15). The van der Waals surface area contributed by atoms with E-state index in [1.807, 2.05) is 4.90 Å². The van der Waals surface area contributed by atoms with Gasteiger partial charge in [0, 0.05) is 6.54 Å². The Morgan fingerprint density at radius 1 is 1.33 bits per heavy atom. The molecule has 0 heterocycles. The van der Waals surface area contributed by atoms with E-state index >= 15 is 0 Å². The molecule has 0 aromatic heterocycles. The van der Waals surface area contributed by atoms with E-state index in [1.54, 1.807) is 0 Å². The first kappa shape index (κ1) is 14.4. The summed E-state index contributed by atoms with van der Waals surface area (Å²) in [5, 5.41) is 8.78. The fourth-order valence-electron chi connectivity index (χ4n) is 1.44. The molecule has 0 saturated heterocycles. The molecule has 0 amide bonds. The minimum atomic E-state index is -0.732. The predicted molar refractivity (Wildman–Crippen MR) is 63.0 cm³/mol. The van der Waals surface area contributed by atoms with Crippen molar-refractivity contribution in [1.29, 1.82) is 0 Å². The molecule has 0 atom stereocenters. The van der Waals surface area contributed by atoms with Crippen LogP contribution in [0.3, 0.4) is 0 Å². The first-order valence-electron chi connectivity index (χ1n) is 5.65. The van der Waals surface area contributed by atoms with E-state index in [2.05, 4.69) is 34.6 Å². The number of carbonyl (C=O) groups is 1. The maximum Gasteiger partial charge on any atom is 0.317 e. The van der Waals surface area contributed by atoms with Crippen molar-refractivity contribution in [3.05, 3.63) is 0 Å². The molecular weight excluding hydrogens is 190 g/mol. The van der Waals surface area contributed by atoms with Crippen LogP contribution in [0.15, 0.2) is 0 Å². The van der Waals surface area contributed by atoms with E-state index in [0.29, 0.717) is 5.92 Å². The predicted octanol–water partition coefficient (Wildman–Crippen LogP) is 2.47. The van der Waals surface area contributed by atoms with Gasteiger partial charge in [-0.15, -0.1) is 0 Å². The maximum absolute atomic E-state index is 10.7. The van der Waals surface area contributed by atoms with Crippen LogP contribution in [0.4, 0.5) is 0 Å². The van der Waals surface area contributed by atoms with Gasteiger partial charge in [0.15, 0.2) is 0 Å². The highest BCUT2D eigenvalue weighted by Gasteiger charge is 2.16. The van der Waals surface area contributed by atoms with Gasteiger partial charge >= 0.3 is 5.97 Å². The van der Waals surface area contributed by atoms with Crippen molar-refractivity contribution in [3.8, 4) is 0 Å². The molecule has 3 nitrogen and oxygen atoms in total. The summed E-state index contributed by atoms with van der Waals surface area (Å²) in [5.74, 6) is -0.214. The van der Waals surface area contributed by atoms with E-state index in [4.69, 9.17) is 5.11 Å². The van der Waals surface area contributed by atoms with E-state index in [1.165, 1.54) is 0 Å². The highest BCUT2D eigenvalue weighted by Crippen LogP contribution is 2.19. The second kappa shape index (κ2) is 6.11. The Labute approximate surface area is 93.5 Å². The molecule has 0 aliphatic rings. The van der Waals surface area contributed by atoms with Crippen LogP contribution in [0.5, 0.6) is 0 Å². The lowest BCUT2D eigenvalue weighted by atomic mass is 9.92. The quantitative estimate of drug-likeness (QED) is 0.740. The highest BCUT2D eigenvalue weighted by atomic mass is 16.4. The zero-order valence-corrected chi connectivity index (χ0v) is 10.7. The summed E-state index contributed by atoms with van der Waals surface area (Å²) >= 11 is 0. The average Bonchev–Trinajstić information content (AvgIpc) is 1.96. The van der Waals surface area contributed by atoms with Crippen molar-refractivity contribution >= 4 is 5.97 Å². The van der Waals surface area contributed by atoms with Crippen LogP contribution >= 0.6 is 0 Å². The third kappa shape index (κ3) is 9.73. The van der Waals surface area contributed by atoms with Crippen molar-refractivity contribution in [2.45, 2.75) is 41.0 Å². The normalized spacial score (nSPS) is 12.5. The van der Waals surface area contributed by atoms with Crippen LogP contribution < -0.4 is 0 Å². The minimum Gasteiger partial charge on any atom is -0.480 e. The lowest BCUT2D eigenvalue weighted by molar-refractivity contribution is -0.138. The number of carboxylic acid groups (broad SMARTS) is 1. The summed E-state index contributed by atoms with van der Waals surface area (Å²) in [6.45, 7) is 12.7. The maximum atomic E-state index is 10.7. The molecule has 0 saturated carbocycles. The molecule has 0 aromatic rings. The fourth-order valence-corrected chi connectivity index (χ4v) is 1.44. The second-order valence-electron chi connectivity index (χ2n) is 5.83. The van der Waals surface area contributed by atoms with Gasteiger partial charge in [-0.05, 0) is 24.3 Å². The zero-order valence-electron chi connectivity index (χ0n) is 10.7. The highest BCUT2D eigenvalue weighted by molar-refractivity contribution is 5.69. The monoisotopic (exact) mass is 215 g/mol. The third-order valence-electron chi connectivity index (χ3n) is 2.16. The molecule has 0 aliphatic heterocycles. The number of carboxylic acids is 1. The number of rotatable bonds is 6. The fraction of sp³-hybridized carbons (Fsp3) is 0.917. The van der Waals surface area contributed by atoms with Gasteiger partial charge < -0.3 is 5.11 Å². The van der Waals surface area contributed by atoms with Gasteiger partial charge in [-0.1, -0.05) is 34.6 Å². The summed E-state index contributed by atoms with van der Waals surface area (Å²) in [7, 11) is 0. The second-order valence-corrected chi connectivity index (χ2v) is 5.83. The molecule has 15 heavy (non-hydrogen) atoms. The molecule has 0 fully saturated rings. The van der Waals surface area contributed by atoms with Crippen LogP contribution in [0.25, 0.3) is 0 Å². The van der Waals surface area contributed by atoms with Crippen LogP contribution in [-0.4, -0.2) is 35.6 Å². The van der Waals surface area contributed by atoms with Crippen LogP contribution in [0.2, 0.25) is 0 Å². The summed E-state index contributed by atoms with van der Waals surface area (Å²) < 4.78 is 0. The first-order chi connectivity index (χ1) is 6.70. The number of aliphatic carboxylic acids is 1. The van der Waals surface area contributed by atoms with Crippen molar-refractivity contribution in [1.82, 2.24) is 4.90 Å². The van der Waals surface area contributed by atoms with Crippen LogP contribution in [0.1, 0.15) is 41.0 Å². The first-order valence-corrected chi connectivity index (χ1v) is 5.65. The van der Waals surface area contributed by atoms with E-state index < -0.39 is 5.97 Å². The van der Waals surface area contributed by atoms with Gasteiger partial charge in [-0.2, -0.15) is 0 Å². The van der Waals surface area contributed by atoms with E-state index in [-0.39, 0.29) is 12.0 Å². The van der Waals surface area contributed by atoms with Gasteiger partial charge in [-0.3, -0.25) is 9.69 Å². The van der Waals surface area contributed by atoms with E-state index in [9.17, 15) is 4.79 Å². The molecule has 3 heteroatoms. The lowest BCUT2D eigenvalue weighted by Gasteiger charge is -2.26. The number of nitrogens with zero attached hydrogens (tertiary/aromatic N) is 1. The topological polar surface area (TPSA) is 40.5 Å².